The summed E-state index contributed by atoms with van der Waals surface area (Å²) in [6.45, 7) is 0. The summed E-state index contributed by atoms with van der Waals surface area (Å²) in [5.74, 6) is -0.0436. The summed E-state index contributed by atoms with van der Waals surface area (Å²) in [6.07, 6.45) is 1.02. The van der Waals surface area contributed by atoms with Crippen molar-refractivity contribution >= 4 is 38.9 Å². The summed E-state index contributed by atoms with van der Waals surface area (Å²) in [4.78, 5) is 0. The van der Waals surface area contributed by atoms with Gasteiger partial charge in [0.1, 0.15) is 5.82 Å². The van der Waals surface area contributed by atoms with E-state index in [4.69, 9.17) is 11.6 Å². The molecule has 20 heavy (non-hydrogen) atoms. The van der Waals surface area contributed by atoms with Crippen molar-refractivity contribution in [3.8, 4) is 0 Å². The van der Waals surface area contributed by atoms with Crippen molar-refractivity contribution < 1.29 is 12.8 Å². The summed E-state index contributed by atoms with van der Waals surface area (Å²) < 4.78 is 37.2. The molecule has 0 saturated heterocycles. The number of sulfonamides is 1. The molecule has 9 heteroatoms. The zero-order chi connectivity index (χ0) is 14.8. The zero-order valence-electron chi connectivity index (χ0n) is 10.3. The van der Waals surface area contributed by atoms with Crippen LogP contribution in [-0.2, 0) is 10.0 Å². The molecule has 1 aromatic heterocycles. The number of rotatable bonds is 4. The first-order valence-corrected chi connectivity index (χ1v) is 7.64. The first-order valence-electron chi connectivity index (χ1n) is 5.37. The Morgan fingerprint density at radius 3 is 2.35 bits per heavy atom. The van der Waals surface area contributed by atoms with E-state index in [1.54, 1.807) is 0 Å². The molecule has 0 spiro atoms. The predicted octanol–water partition coefficient (Wildman–Crippen LogP) is 2.38. The minimum absolute atomic E-state index is 0.0154. The van der Waals surface area contributed by atoms with Crippen molar-refractivity contribution in [2.24, 2.45) is 0 Å². The monoisotopic (exact) mass is 316 g/mol. The van der Waals surface area contributed by atoms with Crippen LogP contribution >= 0.6 is 11.6 Å². The second-order valence-electron chi connectivity index (χ2n) is 3.93. The lowest BCUT2D eigenvalue weighted by molar-refractivity contribution is 0.606. The van der Waals surface area contributed by atoms with Gasteiger partial charge in [-0.3, -0.25) is 4.72 Å². The van der Waals surface area contributed by atoms with Crippen LogP contribution in [0.4, 0.5) is 21.7 Å². The molecule has 1 heterocycles. The van der Waals surface area contributed by atoms with Crippen molar-refractivity contribution in [1.29, 1.82) is 0 Å². The van der Waals surface area contributed by atoms with Gasteiger partial charge in [0.15, 0.2) is 11.6 Å². The average molecular weight is 317 g/mol. The predicted molar refractivity (Wildman–Crippen MR) is 75.2 cm³/mol. The fraction of sp³-hybridized carbons (Fsp3) is 0.0909. The quantitative estimate of drug-likeness (QED) is 0.904. The van der Waals surface area contributed by atoms with Gasteiger partial charge in [-0.2, -0.15) is 0 Å². The Morgan fingerprint density at radius 1 is 1.15 bits per heavy atom. The number of hydrogen-bond donors (Lipinski definition) is 2. The molecule has 1 aromatic carbocycles. The Labute approximate surface area is 120 Å². The molecule has 0 saturated carbocycles. The molecular weight excluding hydrogens is 307 g/mol. The Morgan fingerprint density at radius 2 is 1.80 bits per heavy atom. The number of hydrogen-bond acceptors (Lipinski definition) is 5. The molecular formula is C11H10ClFN4O2S. The number of benzene rings is 1. The van der Waals surface area contributed by atoms with Crippen molar-refractivity contribution in [3.63, 3.8) is 0 Å². The van der Waals surface area contributed by atoms with E-state index in [1.165, 1.54) is 30.3 Å². The average Bonchev–Trinajstić information content (AvgIpc) is 2.35. The zero-order valence-corrected chi connectivity index (χ0v) is 11.8. The van der Waals surface area contributed by atoms with Crippen LogP contribution in [0.1, 0.15) is 0 Å². The summed E-state index contributed by atoms with van der Waals surface area (Å²) in [5.41, 5.74) is 0.537. The lowest BCUT2D eigenvalue weighted by atomic mass is 10.3. The SMILES string of the molecule is CS(=O)(=O)Nc1ccc(Nc2ccc(F)c(Cl)c2)nn1. The molecule has 2 aromatic rings. The van der Waals surface area contributed by atoms with Gasteiger partial charge in [0, 0.05) is 5.69 Å². The first-order chi connectivity index (χ1) is 9.33. The van der Waals surface area contributed by atoms with Crippen LogP contribution < -0.4 is 10.0 Å². The summed E-state index contributed by atoms with van der Waals surface area (Å²) in [7, 11) is -3.39. The van der Waals surface area contributed by atoms with Gasteiger partial charge in [0.05, 0.1) is 11.3 Å². The van der Waals surface area contributed by atoms with Crippen molar-refractivity contribution in [2.45, 2.75) is 0 Å². The van der Waals surface area contributed by atoms with Crippen LogP contribution in [0.25, 0.3) is 0 Å². The summed E-state index contributed by atoms with van der Waals surface area (Å²) in [6, 6.07) is 7.09. The second-order valence-corrected chi connectivity index (χ2v) is 6.09. The van der Waals surface area contributed by atoms with Gasteiger partial charge in [-0.1, -0.05) is 11.6 Å². The second kappa shape index (κ2) is 5.59. The minimum Gasteiger partial charge on any atom is -0.339 e. The van der Waals surface area contributed by atoms with Gasteiger partial charge in [0.25, 0.3) is 0 Å². The number of anilines is 3. The molecule has 0 unspecified atom stereocenters. The van der Waals surface area contributed by atoms with Crippen molar-refractivity contribution in [3.05, 3.63) is 41.2 Å². The van der Waals surface area contributed by atoms with E-state index in [-0.39, 0.29) is 10.8 Å². The molecule has 106 valence electrons. The highest BCUT2D eigenvalue weighted by Gasteiger charge is 2.05. The number of nitrogens with one attached hydrogen (secondary N) is 2. The third-order valence-electron chi connectivity index (χ3n) is 2.15. The molecule has 2 rings (SSSR count). The first kappa shape index (κ1) is 14.5. The molecule has 6 nitrogen and oxygen atoms in total. The molecule has 0 radical (unpaired) electrons. The van der Waals surface area contributed by atoms with Gasteiger partial charge in [-0.15, -0.1) is 10.2 Å². The maximum atomic E-state index is 13.0. The largest absolute Gasteiger partial charge is 0.339 e. The lowest BCUT2D eigenvalue weighted by Gasteiger charge is -2.06. The molecule has 0 amide bonds. The number of aromatic nitrogens is 2. The van der Waals surface area contributed by atoms with Crippen molar-refractivity contribution in [2.75, 3.05) is 16.3 Å². The molecule has 0 aliphatic carbocycles. The van der Waals surface area contributed by atoms with Gasteiger partial charge in [0.2, 0.25) is 10.0 Å². The topological polar surface area (TPSA) is 84.0 Å². The lowest BCUT2D eigenvalue weighted by Crippen LogP contribution is -2.11. The van der Waals surface area contributed by atoms with E-state index in [0.29, 0.717) is 11.5 Å². The molecule has 0 bridgehead atoms. The third-order valence-corrected chi connectivity index (χ3v) is 3.02. The Hall–Kier alpha value is -1.93. The molecule has 0 aliphatic rings. The third kappa shape index (κ3) is 4.04. The highest BCUT2D eigenvalue weighted by Crippen LogP contribution is 2.21. The Kier molecular flexibility index (Phi) is 4.05. The van der Waals surface area contributed by atoms with Crippen LogP contribution in [0.5, 0.6) is 0 Å². The highest BCUT2D eigenvalue weighted by molar-refractivity contribution is 7.92. The van der Waals surface area contributed by atoms with Gasteiger partial charge >= 0.3 is 0 Å². The van der Waals surface area contributed by atoms with E-state index in [0.717, 1.165) is 6.26 Å². The molecule has 0 fully saturated rings. The van der Waals surface area contributed by atoms with Gasteiger partial charge < -0.3 is 5.32 Å². The van der Waals surface area contributed by atoms with E-state index in [2.05, 4.69) is 20.2 Å². The fourth-order valence-electron chi connectivity index (χ4n) is 1.37. The summed E-state index contributed by atoms with van der Waals surface area (Å²) >= 11 is 5.65. The van der Waals surface area contributed by atoms with Crippen LogP contribution in [0.2, 0.25) is 5.02 Å². The number of nitrogens with zero attached hydrogens (tertiary/aromatic N) is 2. The molecule has 0 atom stereocenters. The van der Waals surface area contributed by atoms with Gasteiger partial charge in [-0.25, -0.2) is 12.8 Å². The van der Waals surface area contributed by atoms with E-state index < -0.39 is 15.8 Å². The van der Waals surface area contributed by atoms with Crippen molar-refractivity contribution in [1.82, 2.24) is 10.2 Å². The van der Waals surface area contributed by atoms with E-state index >= 15 is 0 Å². The Bertz CT molecular complexity index is 722. The molecule has 2 N–H and O–H groups in total. The van der Waals surface area contributed by atoms with E-state index in [1.807, 2.05) is 0 Å². The van der Waals surface area contributed by atoms with Gasteiger partial charge in [-0.05, 0) is 30.3 Å². The van der Waals surface area contributed by atoms with Crippen LogP contribution in [0.3, 0.4) is 0 Å². The normalized spacial score (nSPS) is 11.2. The molecule has 0 aliphatic heterocycles. The summed E-state index contributed by atoms with van der Waals surface area (Å²) in [5, 5.41) is 10.3. The smallest absolute Gasteiger partial charge is 0.231 e. The van der Waals surface area contributed by atoms with Crippen LogP contribution in [-0.4, -0.2) is 24.9 Å². The van der Waals surface area contributed by atoms with Crippen LogP contribution in [0.15, 0.2) is 30.3 Å². The van der Waals surface area contributed by atoms with Crippen LogP contribution in [0, 0.1) is 5.82 Å². The minimum atomic E-state index is -3.39. The highest BCUT2D eigenvalue weighted by atomic mass is 35.5. The number of halogens is 2. The fourth-order valence-corrected chi connectivity index (χ4v) is 2.03. The van der Waals surface area contributed by atoms with E-state index in [9.17, 15) is 12.8 Å². The maximum Gasteiger partial charge on any atom is 0.231 e. The maximum absolute atomic E-state index is 13.0. The standard InChI is InChI=1S/C11H10ClFN4O2S/c1-20(18,19)17-11-5-4-10(15-16-11)14-7-2-3-9(13)8(12)6-7/h2-6H,1H3,(H,14,15)(H,16,17). The Balaban J connectivity index is 2.12.